The van der Waals surface area contributed by atoms with E-state index in [-0.39, 0.29) is 10.9 Å². The quantitative estimate of drug-likeness (QED) is 0.806. The summed E-state index contributed by atoms with van der Waals surface area (Å²) in [5, 5.41) is 0.183. The number of rotatable bonds is 2. The summed E-state index contributed by atoms with van der Waals surface area (Å²) in [6.45, 7) is 0.726. The van der Waals surface area contributed by atoms with Gasteiger partial charge in [0.25, 0.3) is 0 Å². The van der Waals surface area contributed by atoms with Crippen molar-refractivity contribution in [2.75, 3.05) is 23.8 Å². The van der Waals surface area contributed by atoms with E-state index in [1.165, 1.54) is 0 Å². The maximum atomic E-state index is 12.8. The van der Waals surface area contributed by atoms with Gasteiger partial charge in [0.1, 0.15) is 0 Å². The van der Waals surface area contributed by atoms with Gasteiger partial charge in [-0.1, -0.05) is 0 Å². The molecule has 2 N–H and O–H groups in total. The summed E-state index contributed by atoms with van der Waals surface area (Å²) >= 11 is 5.43. The van der Waals surface area contributed by atoms with Crippen molar-refractivity contribution in [3.63, 3.8) is 0 Å². The lowest BCUT2D eigenvalue weighted by Crippen LogP contribution is -2.43. The van der Waals surface area contributed by atoms with E-state index in [1.807, 2.05) is 30.0 Å². The first-order valence-electron chi connectivity index (χ1n) is 6.77. The first kappa shape index (κ1) is 14.9. The summed E-state index contributed by atoms with van der Waals surface area (Å²) in [5.74, 6) is 2.20. The van der Waals surface area contributed by atoms with Crippen molar-refractivity contribution in [1.82, 2.24) is 0 Å². The van der Waals surface area contributed by atoms with Crippen LogP contribution in [0.25, 0.3) is 0 Å². The highest BCUT2D eigenvalue weighted by molar-refractivity contribution is 9.10. The molecule has 2 aliphatic rings. The van der Waals surface area contributed by atoms with E-state index in [9.17, 15) is 4.21 Å². The van der Waals surface area contributed by atoms with Crippen molar-refractivity contribution in [2.45, 2.75) is 35.0 Å². The highest BCUT2D eigenvalue weighted by atomic mass is 79.9. The lowest BCUT2D eigenvalue weighted by atomic mass is 9.93. The molecule has 1 aromatic carbocycles. The standard InChI is InChI=1S/C14H18BrNO2S2/c15-12-7-10(16)1-2-13(12)20(17)11-3-5-18-14(8-11)4-6-19-9-14/h1-2,7,11H,3-6,8-9,16H2. The van der Waals surface area contributed by atoms with E-state index >= 15 is 0 Å². The van der Waals surface area contributed by atoms with Crippen LogP contribution in [0.1, 0.15) is 19.3 Å². The summed E-state index contributed by atoms with van der Waals surface area (Å²) in [5.41, 5.74) is 6.41. The molecule has 0 radical (unpaired) electrons. The highest BCUT2D eigenvalue weighted by Gasteiger charge is 2.42. The number of halogens is 1. The number of hydrogen-bond acceptors (Lipinski definition) is 4. The Morgan fingerprint density at radius 3 is 3.05 bits per heavy atom. The van der Waals surface area contributed by atoms with Crippen molar-refractivity contribution in [3.05, 3.63) is 22.7 Å². The van der Waals surface area contributed by atoms with Crippen molar-refractivity contribution < 1.29 is 8.95 Å². The van der Waals surface area contributed by atoms with Crippen LogP contribution in [0.2, 0.25) is 0 Å². The molecule has 2 aliphatic heterocycles. The van der Waals surface area contributed by atoms with E-state index in [2.05, 4.69) is 15.9 Å². The third-order valence-corrected chi connectivity index (χ3v) is 7.93. The molecule has 0 bridgehead atoms. The largest absolute Gasteiger partial charge is 0.399 e. The van der Waals surface area contributed by atoms with Gasteiger partial charge in [0, 0.05) is 27.8 Å². The van der Waals surface area contributed by atoms with Crippen LogP contribution in [-0.2, 0) is 15.5 Å². The summed E-state index contributed by atoms with van der Waals surface area (Å²) in [7, 11) is -1.00. The maximum Gasteiger partial charge on any atom is 0.0791 e. The van der Waals surface area contributed by atoms with Gasteiger partial charge >= 0.3 is 0 Å². The minimum atomic E-state index is -1.00. The Bertz CT molecular complexity index is 532. The van der Waals surface area contributed by atoms with Gasteiger partial charge in [-0.25, -0.2) is 0 Å². The van der Waals surface area contributed by atoms with E-state index in [1.54, 1.807) is 0 Å². The molecule has 0 saturated carbocycles. The first-order valence-corrected chi connectivity index (χ1v) is 9.93. The third-order valence-electron chi connectivity index (χ3n) is 3.99. The van der Waals surface area contributed by atoms with Gasteiger partial charge < -0.3 is 10.5 Å². The van der Waals surface area contributed by atoms with Gasteiger partial charge in [-0.2, -0.15) is 11.8 Å². The molecule has 3 atom stereocenters. The number of benzene rings is 1. The molecule has 20 heavy (non-hydrogen) atoms. The lowest BCUT2D eigenvalue weighted by molar-refractivity contribution is -0.0567. The third kappa shape index (κ3) is 2.93. The lowest BCUT2D eigenvalue weighted by Gasteiger charge is -2.37. The molecule has 2 heterocycles. The van der Waals surface area contributed by atoms with Gasteiger partial charge in [0.15, 0.2) is 0 Å². The second-order valence-corrected chi connectivity index (χ2v) is 9.10. The van der Waals surface area contributed by atoms with Crippen molar-refractivity contribution in [2.24, 2.45) is 0 Å². The Kier molecular flexibility index (Phi) is 4.45. The van der Waals surface area contributed by atoms with Crippen LogP contribution in [0, 0.1) is 0 Å². The van der Waals surface area contributed by atoms with Crippen LogP contribution in [0.3, 0.4) is 0 Å². The van der Waals surface area contributed by atoms with Crippen LogP contribution in [0.15, 0.2) is 27.6 Å². The van der Waals surface area contributed by atoms with Crippen LogP contribution in [0.4, 0.5) is 5.69 Å². The van der Waals surface area contributed by atoms with E-state index in [0.717, 1.165) is 46.7 Å². The molecule has 3 unspecified atom stereocenters. The average Bonchev–Trinajstić information content (AvgIpc) is 2.86. The molecule has 3 nitrogen and oxygen atoms in total. The summed E-state index contributed by atoms with van der Waals surface area (Å²) < 4.78 is 19.7. The number of hydrogen-bond donors (Lipinski definition) is 1. The van der Waals surface area contributed by atoms with E-state index < -0.39 is 10.8 Å². The zero-order chi connectivity index (χ0) is 14.2. The number of ether oxygens (including phenoxy) is 1. The molecular weight excluding hydrogens is 358 g/mol. The molecule has 110 valence electrons. The SMILES string of the molecule is Nc1ccc(S(=O)C2CCOC3(CCSC3)C2)c(Br)c1. The minimum absolute atomic E-state index is 0.0243. The highest BCUT2D eigenvalue weighted by Crippen LogP contribution is 2.41. The normalized spacial score (nSPS) is 31.6. The first-order chi connectivity index (χ1) is 9.60. The van der Waals surface area contributed by atoms with Crippen molar-refractivity contribution >= 4 is 44.2 Å². The Labute approximate surface area is 134 Å². The molecule has 1 spiro atoms. The zero-order valence-electron chi connectivity index (χ0n) is 11.1. The second kappa shape index (κ2) is 5.99. The Morgan fingerprint density at radius 2 is 2.35 bits per heavy atom. The number of anilines is 1. The van der Waals surface area contributed by atoms with Gasteiger partial charge in [0.05, 0.1) is 21.3 Å². The molecule has 3 rings (SSSR count). The predicted octanol–water partition coefficient (Wildman–Crippen LogP) is 3.19. The van der Waals surface area contributed by atoms with Crippen LogP contribution in [-0.4, -0.2) is 33.2 Å². The monoisotopic (exact) mass is 375 g/mol. The van der Waals surface area contributed by atoms with Gasteiger partial charge in [-0.05, 0) is 59.1 Å². The molecule has 0 aromatic heterocycles. The molecule has 6 heteroatoms. The Hall–Kier alpha value is -0.0400. The fourth-order valence-electron chi connectivity index (χ4n) is 2.89. The average molecular weight is 376 g/mol. The second-order valence-electron chi connectivity index (χ2n) is 5.44. The van der Waals surface area contributed by atoms with Crippen LogP contribution < -0.4 is 5.73 Å². The fourth-order valence-corrected chi connectivity index (χ4v) is 6.72. The van der Waals surface area contributed by atoms with Crippen molar-refractivity contribution in [1.29, 1.82) is 0 Å². The molecule has 2 saturated heterocycles. The van der Waals surface area contributed by atoms with Gasteiger partial charge in [-0.15, -0.1) is 0 Å². The Balaban J connectivity index is 1.79. The number of nitrogens with two attached hydrogens (primary N) is 1. The summed E-state index contributed by atoms with van der Waals surface area (Å²) in [6, 6.07) is 5.52. The smallest absolute Gasteiger partial charge is 0.0791 e. The van der Waals surface area contributed by atoms with Gasteiger partial charge in [-0.3, -0.25) is 4.21 Å². The van der Waals surface area contributed by atoms with Crippen LogP contribution >= 0.6 is 27.7 Å². The zero-order valence-corrected chi connectivity index (χ0v) is 14.4. The molecule has 0 amide bonds. The van der Waals surface area contributed by atoms with Crippen LogP contribution in [0.5, 0.6) is 0 Å². The molecule has 0 aliphatic carbocycles. The van der Waals surface area contributed by atoms with E-state index in [4.69, 9.17) is 10.5 Å². The van der Waals surface area contributed by atoms with E-state index in [0.29, 0.717) is 5.69 Å². The summed E-state index contributed by atoms with van der Waals surface area (Å²) in [4.78, 5) is 0.854. The van der Waals surface area contributed by atoms with Gasteiger partial charge in [0.2, 0.25) is 0 Å². The minimum Gasteiger partial charge on any atom is -0.399 e. The number of nitrogen functional groups attached to an aromatic ring is 1. The topological polar surface area (TPSA) is 52.3 Å². The van der Waals surface area contributed by atoms with Crippen molar-refractivity contribution in [3.8, 4) is 0 Å². The number of thioether (sulfide) groups is 1. The Morgan fingerprint density at radius 1 is 1.50 bits per heavy atom. The molecular formula is C14H18BrNO2S2. The molecule has 2 fully saturated rings. The fraction of sp³-hybridized carbons (Fsp3) is 0.571. The predicted molar refractivity (Wildman–Crippen MR) is 88.6 cm³/mol. The maximum absolute atomic E-state index is 12.8. The summed E-state index contributed by atoms with van der Waals surface area (Å²) in [6.07, 6.45) is 2.87. The molecule has 1 aromatic rings.